The molecule has 92 valence electrons. The van der Waals surface area contributed by atoms with Gasteiger partial charge in [0.05, 0.1) is 12.1 Å². The lowest BCUT2D eigenvalue weighted by Gasteiger charge is -2.38. The van der Waals surface area contributed by atoms with Gasteiger partial charge in [-0.15, -0.1) is 0 Å². The first-order valence-corrected chi connectivity index (χ1v) is 5.18. The van der Waals surface area contributed by atoms with Crippen molar-refractivity contribution < 1.29 is 24.2 Å². The van der Waals surface area contributed by atoms with Crippen molar-refractivity contribution in [2.75, 3.05) is 0 Å². The molecule has 4 atom stereocenters. The number of esters is 1. The van der Waals surface area contributed by atoms with Gasteiger partial charge in [0.25, 0.3) is 0 Å². The van der Waals surface area contributed by atoms with E-state index in [1.807, 2.05) is 0 Å². The molecule has 0 aliphatic carbocycles. The van der Waals surface area contributed by atoms with Gasteiger partial charge in [0.1, 0.15) is 6.10 Å². The van der Waals surface area contributed by atoms with Crippen molar-refractivity contribution in [1.29, 1.82) is 0 Å². The molecule has 1 heterocycles. The number of hydrogen-bond acceptors (Lipinski definition) is 5. The third-order valence-corrected chi connectivity index (χ3v) is 2.38. The molecule has 1 amide bonds. The van der Waals surface area contributed by atoms with E-state index in [4.69, 9.17) is 9.47 Å². The van der Waals surface area contributed by atoms with E-state index in [9.17, 15) is 14.7 Å². The summed E-state index contributed by atoms with van der Waals surface area (Å²) in [6.45, 7) is 4.35. The Morgan fingerprint density at radius 3 is 2.56 bits per heavy atom. The highest BCUT2D eigenvalue weighted by Crippen LogP contribution is 2.21. The highest BCUT2D eigenvalue weighted by atomic mass is 16.6. The number of hydrogen-bond donors (Lipinski definition) is 2. The minimum Gasteiger partial charge on any atom is -0.458 e. The number of carbonyl (C=O) groups excluding carboxylic acids is 2. The van der Waals surface area contributed by atoms with E-state index in [0.29, 0.717) is 0 Å². The predicted octanol–water partition coefficient (Wildman–Crippen LogP) is -0.450. The van der Waals surface area contributed by atoms with Crippen LogP contribution in [-0.4, -0.2) is 41.5 Å². The lowest BCUT2D eigenvalue weighted by molar-refractivity contribution is -0.214. The van der Waals surface area contributed by atoms with Crippen LogP contribution in [0.3, 0.4) is 0 Å². The Balaban J connectivity index is 2.71. The van der Waals surface area contributed by atoms with Crippen molar-refractivity contribution in [3.8, 4) is 0 Å². The first-order chi connectivity index (χ1) is 7.40. The van der Waals surface area contributed by atoms with Crippen LogP contribution in [-0.2, 0) is 19.1 Å². The molecule has 0 unspecified atom stereocenters. The minimum absolute atomic E-state index is 0.210. The molecule has 6 heteroatoms. The average Bonchev–Trinajstić information content (AvgIpc) is 2.09. The van der Waals surface area contributed by atoms with Crippen LogP contribution in [0.15, 0.2) is 0 Å². The topological polar surface area (TPSA) is 84.9 Å². The minimum atomic E-state index is -0.946. The van der Waals surface area contributed by atoms with Crippen LogP contribution in [0.2, 0.25) is 0 Å². The summed E-state index contributed by atoms with van der Waals surface area (Å²) in [4.78, 5) is 21.9. The number of rotatable bonds is 2. The number of ether oxygens (including phenoxy) is 2. The van der Waals surface area contributed by atoms with E-state index in [1.54, 1.807) is 6.92 Å². The SMILES string of the molecule is CC(=O)N[C@@H]1C[C@H](O)O[C@H](C)[C@H]1OC(C)=O. The Labute approximate surface area is 93.9 Å². The molecule has 0 radical (unpaired) electrons. The van der Waals surface area contributed by atoms with Crippen LogP contribution in [0, 0.1) is 0 Å². The number of nitrogens with one attached hydrogen (secondary N) is 1. The van der Waals surface area contributed by atoms with Crippen LogP contribution in [0.1, 0.15) is 27.2 Å². The lowest BCUT2D eigenvalue weighted by atomic mass is 9.99. The van der Waals surface area contributed by atoms with Crippen molar-refractivity contribution >= 4 is 11.9 Å². The summed E-state index contributed by atoms with van der Waals surface area (Å²) in [6, 6.07) is -0.417. The molecule has 0 saturated carbocycles. The van der Waals surface area contributed by atoms with Gasteiger partial charge in [0.2, 0.25) is 5.91 Å². The lowest BCUT2D eigenvalue weighted by Crippen LogP contribution is -2.56. The quantitative estimate of drug-likeness (QED) is 0.629. The molecular weight excluding hydrogens is 214 g/mol. The second-order valence-electron chi connectivity index (χ2n) is 3.91. The fourth-order valence-electron chi connectivity index (χ4n) is 1.83. The van der Waals surface area contributed by atoms with Crippen LogP contribution >= 0.6 is 0 Å². The molecule has 1 rings (SSSR count). The Bertz CT molecular complexity index is 280. The summed E-state index contributed by atoms with van der Waals surface area (Å²) in [5.41, 5.74) is 0. The van der Waals surface area contributed by atoms with Crippen molar-refractivity contribution in [3.05, 3.63) is 0 Å². The highest BCUT2D eigenvalue weighted by molar-refractivity contribution is 5.73. The smallest absolute Gasteiger partial charge is 0.303 e. The second-order valence-corrected chi connectivity index (χ2v) is 3.91. The second kappa shape index (κ2) is 5.27. The highest BCUT2D eigenvalue weighted by Gasteiger charge is 2.38. The summed E-state index contributed by atoms with van der Waals surface area (Å²) < 4.78 is 10.2. The van der Waals surface area contributed by atoms with Crippen molar-refractivity contribution in [2.45, 2.75) is 51.7 Å². The molecule has 0 aromatic heterocycles. The van der Waals surface area contributed by atoms with Gasteiger partial charge in [-0.05, 0) is 6.92 Å². The Morgan fingerprint density at radius 1 is 1.44 bits per heavy atom. The molecule has 0 spiro atoms. The van der Waals surface area contributed by atoms with Gasteiger partial charge < -0.3 is 19.9 Å². The molecule has 1 fully saturated rings. The maximum Gasteiger partial charge on any atom is 0.303 e. The normalized spacial score (nSPS) is 34.2. The number of aliphatic hydroxyl groups excluding tert-OH is 1. The fourth-order valence-corrected chi connectivity index (χ4v) is 1.83. The van der Waals surface area contributed by atoms with Crippen molar-refractivity contribution in [1.82, 2.24) is 5.32 Å². The molecule has 0 aromatic carbocycles. The molecule has 1 aliphatic rings. The van der Waals surface area contributed by atoms with Gasteiger partial charge in [0, 0.05) is 20.3 Å². The van der Waals surface area contributed by atoms with E-state index >= 15 is 0 Å². The molecular formula is C10H17NO5. The number of aliphatic hydroxyl groups is 1. The summed E-state index contributed by atoms with van der Waals surface area (Å²) in [5.74, 6) is -0.671. The zero-order valence-electron chi connectivity index (χ0n) is 9.60. The molecule has 1 aliphatic heterocycles. The van der Waals surface area contributed by atoms with Gasteiger partial charge in [-0.2, -0.15) is 0 Å². The van der Waals surface area contributed by atoms with Gasteiger partial charge in [-0.1, -0.05) is 0 Å². The summed E-state index contributed by atoms with van der Waals surface area (Å²) in [5, 5.41) is 12.0. The molecule has 16 heavy (non-hydrogen) atoms. The van der Waals surface area contributed by atoms with Gasteiger partial charge in [0.15, 0.2) is 6.29 Å². The molecule has 1 saturated heterocycles. The van der Waals surface area contributed by atoms with Gasteiger partial charge in [-0.3, -0.25) is 9.59 Å². The third kappa shape index (κ3) is 3.46. The first-order valence-electron chi connectivity index (χ1n) is 5.18. The zero-order chi connectivity index (χ0) is 12.3. The predicted molar refractivity (Wildman–Crippen MR) is 54.3 cm³/mol. The van der Waals surface area contributed by atoms with Gasteiger partial charge in [-0.25, -0.2) is 0 Å². The Hall–Kier alpha value is -1.14. The van der Waals surface area contributed by atoms with E-state index in [0.717, 1.165) is 0 Å². The summed E-state index contributed by atoms with van der Waals surface area (Å²) in [6.07, 6.45) is -1.75. The molecule has 0 bridgehead atoms. The van der Waals surface area contributed by atoms with Crippen LogP contribution in [0.25, 0.3) is 0 Å². The van der Waals surface area contributed by atoms with Crippen LogP contribution in [0.4, 0.5) is 0 Å². The van der Waals surface area contributed by atoms with E-state index in [2.05, 4.69) is 5.32 Å². The molecule has 6 nitrogen and oxygen atoms in total. The Kier molecular flexibility index (Phi) is 4.26. The van der Waals surface area contributed by atoms with E-state index < -0.39 is 30.5 Å². The standard InChI is InChI=1S/C10H17NO5/c1-5-10(16-7(3)13)8(11-6(2)12)4-9(14)15-5/h5,8-10,14H,4H2,1-3H3,(H,11,12)/t5-,8-,9-,10-/m1/s1. The molecule has 2 N–H and O–H groups in total. The monoisotopic (exact) mass is 231 g/mol. The first kappa shape index (κ1) is 12.9. The number of carbonyl (C=O) groups is 2. The maximum atomic E-state index is 11.0. The summed E-state index contributed by atoms with van der Waals surface area (Å²) in [7, 11) is 0. The van der Waals surface area contributed by atoms with Crippen molar-refractivity contribution in [2.24, 2.45) is 0 Å². The third-order valence-electron chi connectivity index (χ3n) is 2.38. The molecule has 0 aromatic rings. The van der Waals surface area contributed by atoms with Crippen LogP contribution < -0.4 is 5.32 Å². The van der Waals surface area contributed by atoms with E-state index in [1.165, 1.54) is 13.8 Å². The maximum absolute atomic E-state index is 11.0. The van der Waals surface area contributed by atoms with Crippen LogP contribution in [0.5, 0.6) is 0 Å². The van der Waals surface area contributed by atoms with E-state index in [-0.39, 0.29) is 12.3 Å². The summed E-state index contributed by atoms with van der Waals surface area (Å²) >= 11 is 0. The van der Waals surface area contributed by atoms with Gasteiger partial charge >= 0.3 is 5.97 Å². The zero-order valence-corrected chi connectivity index (χ0v) is 9.60. The largest absolute Gasteiger partial charge is 0.458 e. The average molecular weight is 231 g/mol. The number of amides is 1. The fraction of sp³-hybridized carbons (Fsp3) is 0.800. The Morgan fingerprint density at radius 2 is 2.06 bits per heavy atom. The van der Waals surface area contributed by atoms with Crippen molar-refractivity contribution in [3.63, 3.8) is 0 Å².